The van der Waals surface area contributed by atoms with Crippen LogP contribution in [0.4, 0.5) is 0 Å². The normalized spacial score (nSPS) is 12.7. The quantitative estimate of drug-likeness (QED) is 0.766. The van der Waals surface area contributed by atoms with Crippen LogP contribution in [0.25, 0.3) is 0 Å². The first-order valence-electron chi connectivity index (χ1n) is 6.50. The maximum Gasteiger partial charge on any atom is 0.243 e. The maximum absolute atomic E-state index is 12.3. The van der Waals surface area contributed by atoms with Crippen molar-refractivity contribution in [1.29, 1.82) is 0 Å². The minimum atomic E-state index is -3.92. The highest BCUT2D eigenvalue weighted by atomic mass is 35.5. The van der Waals surface area contributed by atoms with Crippen LogP contribution < -0.4 is 4.72 Å². The van der Waals surface area contributed by atoms with Crippen molar-refractivity contribution in [2.45, 2.75) is 16.3 Å². The number of hydrogen-bond donors (Lipinski definition) is 1. The van der Waals surface area contributed by atoms with Gasteiger partial charge in [0.1, 0.15) is 9.23 Å². The smallest absolute Gasteiger partial charge is 0.207 e. The Morgan fingerprint density at radius 3 is 2.25 bits per heavy atom. The fraction of sp³-hybridized carbons (Fsp3) is 0.231. The van der Waals surface area contributed by atoms with E-state index in [1.807, 2.05) is 0 Å². The zero-order chi connectivity index (χ0) is 18.1. The molecule has 0 amide bonds. The van der Waals surface area contributed by atoms with Crippen molar-refractivity contribution >= 4 is 54.6 Å². The number of hydrogen-bond acceptors (Lipinski definition) is 5. The van der Waals surface area contributed by atoms with E-state index in [0.29, 0.717) is 5.56 Å². The van der Waals surface area contributed by atoms with Crippen LogP contribution in [0.5, 0.6) is 0 Å². The van der Waals surface area contributed by atoms with Gasteiger partial charge in [-0.3, -0.25) is 0 Å². The molecular formula is C13H14Cl2N2O4S3. The molecule has 132 valence electrons. The molecule has 0 aliphatic rings. The minimum absolute atomic E-state index is 0.0344. The van der Waals surface area contributed by atoms with E-state index in [4.69, 9.17) is 23.2 Å². The summed E-state index contributed by atoms with van der Waals surface area (Å²) in [4.78, 5) is -0.0979. The molecule has 11 heteroatoms. The van der Waals surface area contributed by atoms with Gasteiger partial charge in [0.2, 0.25) is 20.0 Å². The molecule has 0 fully saturated rings. The number of nitrogens with one attached hydrogen (secondary N) is 1. The Labute approximate surface area is 155 Å². The van der Waals surface area contributed by atoms with E-state index in [-0.39, 0.29) is 25.0 Å². The van der Waals surface area contributed by atoms with Crippen molar-refractivity contribution in [3.05, 3.63) is 44.6 Å². The molecule has 1 aromatic heterocycles. The molecule has 0 spiro atoms. The van der Waals surface area contributed by atoms with Crippen LogP contribution in [-0.4, -0.2) is 35.2 Å². The number of benzene rings is 1. The summed E-state index contributed by atoms with van der Waals surface area (Å²) in [5.41, 5.74) is 0.326. The van der Waals surface area contributed by atoms with E-state index in [2.05, 4.69) is 4.72 Å². The van der Waals surface area contributed by atoms with Gasteiger partial charge in [0, 0.05) is 20.6 Å². The highest BCUT2D eigenvalue weighted by Crippen LogP contribution is 2.34. The zero-order valence-corrected chi connectivity index (χ0v) is 16.6. The highest BCUT2D eigenvalue weighted by molar-refractivity contribution is 7.90. The van der Waals surface area contributed by atoms with Gasteiger partial charge < -0.3 is 0 Å². The van der Waals surface area contributed by atoms with Gasteiger partial charge >= 0.3 is 0 Å². The SMILES string of the molecule is CN(C)S(=O)(=O)c1ccccc1CNS(=O)(=O)c1cc(Cl)sc1Cl. The van der Waals surface area contributed by atoms with Crippen LogP contribution in [0.2, 0.25) is 8.67 Å². The van der Waals surface area contributed by atoms with E-state index in [0.717, 1.165) is 15.6 Å². The molecule has 2 aromatic rings. The van der Waals surface area contributed by atoms with Crippen LogP contribution in [0, 0.1) is 0 Å². The summed E-state index contributed by atoms with van der Waals surface area (Å²) < 4.78 is 53.0. The van der Waals surface area contributed by atoms with Crippen LogP contribution in [-0.2, 0) is 26.6 Å². The first-order valence-corrected chi connectivity index (χ1v) is 11.0. The second kappa shape index (κ2) is 7.28. The Morgan fingerprint density at radius 2 is 1.71 bits per heavy atom. The van der Waals surface area contributed by atoms with Crippen molar-refractivity contribution in [2.24, 2.45) is 0 Å². The summed E-state index contributed by atoms with van der Waals surface area (Å²) in [6.45, 7) is -0.199. The number of halogens is 2. The zero-order valence-electron chi connectivity index (χ0n) is 12.7. The van der Waals surface area contributed by atoms with E-state index in [9.17, 15) is 16.8 Å². The molecule has 6 nitrogen and oxygen atoms in total. The molecule has 0 radical (unpaired) electrons. The molecule has 1 N–H and O–H groups in total. The van der Waals surface area contributed by atoms with Gasteiger partial charge in [-0.25, -0.2) is 25.9 Å². The Kier molecular flexibility index (Phi) is 5.96. The second-order valence-corrected chi connectivity index (χ2v) is 11.0. The largest absolute Gasteiger partial charge is 0.243 e. The van der Waals surface area contributed by atoms with Crippen molar-refractivity contribution in [3.63, 3.8) is 0 Å². The first-order chi connectivity index (χ1) is 11.1. The number of nitrogens with zero attached hydrogens (tertiary/aromatic N) is 1. The molecule has 1 aromatic carbocycles. The molecule has 0 unspecified atom stereocenters. The second-order valence-electron chi connectivity index (χ2n) is 4.91. The van der Waals surface area contributed by atoms with Crippen molar-refractivity contribution < 1.29 is 16.8 Å². The first kappa shape index (κ1) is 19.6. The monoisotopic (exact) mass is 428 g/mol. The van der Waals surface area contributed by atoms with Crippen LogP contribution in [0.1, 0.15) is 5.56 Å². The lowest BCUT2D eigenvalue weighted by Crippen LogP contribution is -2.27. The highest BCUT2D eigenvalue weighted by Gasteiger charge is 2.24. The minimum Gasteiger partial charge on any atom is -0.207 e. The molecule has 0 aliphatic carbocycles. The van der Waals surface area contributed by atoms with Crippen molar-refractivity contribution in [1.82, 2.24) is 9.03 Å². The molecule has 2 rings (SSSR count). The molecule has 1 heterocycles. The molecule has 24 heavy (non-hydrogen) atoms. The van der Waals surface area contributed by atoms with Gasteiger partial charge in [0.25, 0.3) is 0 Å². The van der Waals surface area contributed by atoms with Gasteiger partial charge in [-0.2, -0.15) is 0 Å². The molecule has 0 bridgehead atoms. The van der Waals surface area contributed by atoms with Crippen molar-refractivity contribution in [3.8, 4) is 0 Å². The van der Waals surface area contributed by atoms with Gasteiger partial charge in [-0.15, -0.1) is 11.3 Å². The predicted molar refractivity (Wildman–Crippen MR) is 95.7 cm³/mol. The lowest BCUT2D eigenvalue weighted by atomic mass is 10.2. The summed E-state index contributed by atoms with van der Waals surface area (Å²) in [5, 5.41) is 0. The van der Waals surface area contributed by atoms with E-state index in [1.165, 1.54) is 26.2 Å². The number of rotatable bonds is 6. The third-order valence-electron chi connectivity index (χ3n) is 3.10. The number of thiophene rings is 1. The standard InChI is InChI=1S/C13H14Cl2N2O4S3/c1-17(2)24(20,21)10-6-4-3-5-9(10)8-16-23(18,19)11-7-12(14)22-13(11)15/h3-7,16H,8H2,1-2H3. The topological polar surface area (TPSA) is 83.6 Å². The van der Waals surface area contributed by atoms with E-state index >= 15 is 0 Å². The van der Waals surface area contributed by atoms with E-state index < -0.39 is 20.0 Å². The van der Waals surface area contributed by atoms with E-state index in [1.54, 1.807) is 18.2 Å². The fourth-order valence-electron chi connectivity index (χ4n) is 1.86. The molecule has 0 atom stereocenters. The summed E-state index contributed by atoms with van der Waals surface area (Å²) in [6.07, 6.45) is 0. The third-order valence-corrected chi connectivity index (χ3v) is 8.17. The predicted octanol–water partition coefficient (Wildman–Crippen LogP) is 2.78. The average Bonchev–Trinajstić information content (AvgIpc) is 2.85. The molecule has 0 saturated heterocycles. The van der Waals surface area contributed by atoms with Gasteiger partial charge in [-0.05, 0) is 17.7 Å². The Hall–Kier alpha value is -0.680. The Balaban J connectivity index is 2.32. The molecular weight excluding hydrogens is 415 g/mol. The van der Waals surface area contributed by atoms with Gasteiger partial charge in [0.05, 0.1) is 9.23 Å². The van der Waals surface area contributed by atoms with Gasteiger partial charge in [0.15, 0.2) is 0 Å². The summed E-state index contributed by atoms with van der Waals surface area (Å²) in [5.74, 6) is 0. The van der Waals surface area contributed by atoms with Crippen LogP contribution in [0.3, 0.4) is 0 Å². The lowest BCUT2D eigenvalue weighted by Gasteiger charge is -2.15. The summed E-state index contributed by atoms with van der Waals surface area (Å²) in [6, 6.07) is 7.42. The number of sulfonamides is 2. The maximum atomic E-state index is 12.3. The Morgan fingerprint density at radius 1 is 1.08 bits per heavy atom. The third kappa shape index (κ3) is 4.10. The van der Waals surface area contributed by atoms with Crippen LogP contribution in [0.15, 0.2) is 40.1 Å². The molecule has 0 saturated carbocycles. The van der Waals surface area contributed by atoms with Gasteiger partial charge in [-0.1, -0.05) is 41.4 Å². The lowest BCUT2D eigenvalue weighted by molar-refractivity contribution is 0.519. The summed E-state index contributed by atoms with van der Waals surface area (Å²) >= 11 is 12.6. The fourth-order valence-corrected chi connectivity index (χ4v) is 6.13. The molecule has 0 aliphatic heterocycles. The van der Waals surface area contributed by atoms with Crippen LogP contribution >= 0.6 is 34.5 Å². The average molecular weight is 429 g/mol. The Bertz CT molecular complexity index is 953. The summed E-state index contributed by atoms with van der Waals surface area (Å²) in [7, 11) is -4.79. The van der Waals surface area contributed by atoms with Crippen molar-refractivity contribution in [2.75, 3.05) is 14.1 Å².